The SMILES string of the molecule is CC(O)CCCC[C@H]([C@H](C)OCc1ccccc1)n1cnc2c(N)ncnc21. The first-order valence-corrected chi connectivity index (χ1v) is 9.83. The highest BCUT2D eigenvalue weighted by Gasteiger charge is 2.23. The number of nitrogen functional groups attached to an aromatic ring is 1. The minimum Gasteiger partial charge on any atom is -0.393 e. The van der Waals surface area contributed by atoms with E-state index in [4.69, 9.17) is 10.5 Å². The minimum absolute atomic E-state index is 0.0413. The third-order valence-corrected chi connectivity index (χ3v) is 5.01. The van der Waals surface area contributed by atoms with E-state index in [1.165, 1.54) is 6.33 Å². The number of aliphatic hydroxyl groups is 1. The van der Waals surface area contributed by atoms with Crippen molar-refractivity contribution in [3.63, 3.8) is 0 Å². The number of unbranched alkanes of at least 4 members (excludes halogenated alkanes) is 1. The van der Waals surface area contributed by atoms with E-state index >= 15 is 0 Å². The largest absolute Gasteiger partial charge is 0.393 e. The first-order valence-electron chi connectivity index (χ1n) is 9.83. The van der Waals surface area contributed by atoms with Gasteiger partial charge >= 0.3 is 0 Å². The molecule has 7 heteroatoms. The topological polar surface area (TPSA) is 99.1 Å². The van der Waals surface area contributed by atoms with Crippen molar-refractivity contribution in [1.29, 1.82) is 0 Å². The average Bonchev–Trinajstić information content (AvgIpc) is 3.12. The molecule has 0 aliphatic heterocycles. The number of hydrogen-bond donors (Lipinski definition) is 2. The summed E-state index contributed by atoms with van der Waals surface area (Å²) in [7, 11) is 0. The molecule has 2 aromatic heterocycles. The van der Waals surface area contributed by atoms with Crippen LogP contribution >= 0.6 is 0 Å². The van der Waals surface area contributed by atoms with Gasteiger partial charge in [0.15, 0.2) is 11.5 Å². The van der Waals surface area contributed by atoms with Gasteiger partial charge in [0.25, 0.3) is 0 Å². The van der Waals surface area contributed by atoms with Crippen LogP contribution in [0.15, 0.2) is 43.0 Å². The highest BCUT2D eigenvalue weighted by atomic mass is 16.5. The molecule has 3 aromatic rings. The smallest absolute Gasteiger partial charge is 0.165 e. The van der Waals surface area contributed by atoms with Crippen LogP contribution in [0.3, 0.4) is 0 Å². The molecule has 0 fully saturated rings. The van der Waals surface area contributed by atoms with E-state index in [-0.39, 0.29) is 18.2 Å². The van der Waals surface area contributed by atoms with E-state index in [2.05, 4.69) is 34.0 Å². The Morgan fingerprint density at radius 2 is 1.82 bits per heavy atom. The zero-order valence-corrected chi connectivity index (χ0v) is 16.5. The van der Waals surface area contributed by atoms with E-state index < -0.39 is 0 Å². The number of anilines is 1. The van der Waals surface area contributed by atoms with Crippen molar-refractivity contribution in [2.24, 2.45) is 0 Å². The molecule has 0 amide bonds. The molecule has 1 aromatic carbocycles. The second-order valence-electron chi connectivity index (χ2n) is 7.29. The molecule has 3 atom stereocenters. The van der Waals surface area contributed by atoms with Gasteiger partial charge in [-0.05, 0) is 32.3 Å². The van der Waals surface area contributed by atoms with Gasteiger partial charge in [0.2, 0.25) is 0 Å². The van der Waals surface area contributed by atoms with Crippen molar-refractivity contribution >= 4 is 17.0 Å². The number of nitrogens with two attached hydrogens (primary N) is 1. The fourth-order valence-electron chi connectivity index (χ4n) is 3.42. The lowest BCUT2D eigenvalue weighted by Gasteiger charge is -2.26. The van der Waals surface area contributed by atoms with Crippen molar-refractivity contribution in [3.05, 3.63) is 48.5 Å². The van der Waals surface area contributed by atoms with Crippen molar-refractivity contribution in [1.82, 2.24) is 19.5 Å². The lowest BCUT2D eigenvalue weighted by molar-refractivity contribution is 0.0148. The number of fused-ring (bicyclic) bond motifs is 1. The summed E-state index contributed by atoms with van der Waals surface area (Å²) >= 11 is 0. The molecule has 7 nitrogen and oxygen atoms in total. The third kappa shape index (κ3) is 5.05. The molecule has 2 heterocycles. The Morgan fingerprint density at radius 1 is 1.07 bits per heavy atom. The van der Waals surface area contributed by atoms with Gasteiger partial charge in [-0.2, -0.15) is 0 Å². The molecule has 3 rings (SSSR count). The number of aromatic nitrogens is 4. The summed E-state index contributed by atoms with van der Waals surface area (Å²) < 4.78 is 8.25. The van der Waals surface area contributed by atoms with Crippen LogP contribution in [-0.2, 0) is 11.3 Å². The maximum absolute atomic E-state index is 9.52. The zero-order valence-electron chi connectivity index (χ0n) is 16.5. The summed E-state index contributed by atoms with van der Waals surface area (Å²) in [5.74, 6) is 0.384. The lowest BCUT2D eigenvalue weighted by Crippen LogP contribution is -2.24. The van der Waals surface area contributed by atoms with Crippen LogP contribution in [0.5, 0.6) is 0 Å². The Balaban J connectivity index is 1.76. The number of rotatable bonds is 10. The van der Waals surface area contributed by atoms with E-state index in [1.807, 2.05) is 29.7 Å². The normalized spacial score (nSPS) is 14.8. The number of hydrogen-bond acceptors (Lipinski definition) is 6. The van der Waals surface area contributed by atoms with Crippen LogP contribution < -0.4 is 5.73 Å². The van der Waals surface area contributed by atoms with Crippen LogP contribution in [0, 0.1) is 0 Å². The number of aliphatic hydroxyl groups excluding tert-OH is 1. The molecule has 3 N–H and O–H groups in total. The molecular weight excluding hydrogens is 354 g/mol. The molecule has 1 unspecified atom stereocenters. The summed E-state index contributed by atoms with van der Waals surface area (Å²) in [5, 5.41) is 9.52. The Bertz CT molecular complexity index is 866. The third-order valence-electron chi connectivity index (χ3n) is 5.01. The Morgan fingerprint density at radius 3 is 2.57 bits per heavy atom. The van der Waals surface area contributed by atoms with E-state index in [0.717, 1.165) is 36.9 Å². The lowest BCUT2D eigenvalue weighted by atomic mass is 10.0. The van der Waals surface area contributed by atoms with Crippen LogP contribution in [0.25, 0.3) is 11.2 Å². The number of benzene rings is 1. The van der Waals surface area contributed by atoms with Crippen molar-refractivity contribution in [2.75, 3.05) is 5.73 Å². The molecule has 0 spiro atoms. The molecular formula is C21H29N5O2. The van der Waals surface area contributed by atoms with Crippen LogP contribution in [0.2, 0.25) is 0 Å². The average molecular weight is 383 g/mol. The Kier molecular flexibility index (Phi) is 6.95. The van der Waals surface area contributed by atoms with Crippen molar-refractivity contribution in [3.8, 4) is 0 Å². The molecule has 0 radical (unpaired) electrons. The highest BCUT2D eigenvalue weighted by molar-refractivity contribution is 5.81. The molecule has 0 aliphatic carbocycles. The number of ether oxygens (including phenoxy) is 1. The van der Waals surface area contributed by atoms with E-state index in [0.29, 0.717) is 17.9 Å². The summed E-state index contributed by atoms with van der Waals surface area (Å²) in [5.41, 5.74) is 8.43. The molecule has 150 valence electrons. The second kappa shape index (κ2) is 9.61. The van der Waals surface area contributed by atoms with Gasteiger partial charge in [-0.15, -0.1) is 0 Å². The Hall–Kier alpha value is -2.51. The standard InChI is InChI=1S/C21H29N5O2/c1-15(27)8-6-7-11-18(16(2)28-12-17-9-4-3-5-10-17)26-14-25-19-20(22)23-13-24-21(19)26/h3-5,9-10,13-16,18,27H,6-8,11-12H2,1-2H3,(H2,22,23,24)/t15?,16-,18+/m0/s1. The number of nitrogens with zero attached hydrogens (tertiary/aromatic N) is 4. The van der Waals surface area contributed by atoms with Crippen LogP contribution in [0.1, 0.15) is 51.1 Å². The van der Waals surface area contributed by atoms with Gasteiger partial charge < -0.3 is 20.1 Å². The van der Waals surface area contributed by atoms with Gasteiger partial charge in [0, 0.05) is 0 Å². The summed E-state index contributed by atoms with van der Waals surface area (Å²) in [6.07, 6.45) is 6.57. The van der Waals surface area contributed by atoms with Gasteiger partial charge in [-0.3, -0.25) is 0 Å². The molecule has 0 saturated heterocycles. The Labute approximate surface area is 165 Å². The molecule has 28 heavy (non-hydrogen) atoms. The van der Waals surface area contributed by atoms with Gasteiger partial charge in [0.1, 0.15) is 11.8 Å². The molecule has 0 saturated carbocycles. The number of imidazole rings is 1. The van der Waals surface area contributed by atoms with Gasteiger partial charge in [-0.1, -0.05) is 43.2 Å². The maximum atomic E-state index is 9.52. The predicted octanol–water partition coefficient (Wildman–Crippen LogP) is 3.50. The van der Waals surface area contributed by atoms with Gasteiger partial charge in [0.05, 0.1) is 31.2 Å². The predicted molar refractivity (Wildman–Crippen MR) is 110 cm³/mol. The zero-order chi connectivity index (χ0) is 19.9. The van der Waals surface area contributed by atoms with Gasteiger partial charge in [-0.25, -0.2) is 15.0 Å². The van der Waals surface area contributed by atoms with Crippen molar-refractivity contribution in [2.45, 2.75) is 64.4 Å². The summed E-state index contributed by atoms with van der Waals surface area (Å²) in [6, 6.07) is 10.2. The fraction of sp³-hybridized carbons (Fsp3) is 0.476. The highest BCUT2D eigenvalue weighted by Crippen LogP contribution is 2.27. The molecule has 0 aliphatic rings. The first kappa shape index (κ1) is 20.2. The van der Waals surface area contributed by atoms with Crippen LogP contribution in [0.4, 0.5) is 5.82 Å². The van der Waals surface area contributed by atoms with E-state index in [9.17, 15) is 5.11 Å². The maximum Gasteiger partial charge on any atom is 0.165 e. The van der Waals surface area contributed by atoms with Crippen molar-refractivity contribution < 1.29 is 9.84 Å². The summed E-state index contributed by atoms with van der Waals surface area (Å²) in [4.78, 5) is 12.8. The van der Waals surface area contributed by atoms with Crippen LogP contribution in [-0.4, -0.2) is 36.8 Å². The quantitative estimate of drug-likeness (QED) is 0.520. The second-order valence-corrected chi connectivity index (χ2v) is 7.29. The summed E-state index contributed by atoms with van der Waals surface area (Å²) in [6.45, 7) is 4.46. The fourth-order valence-corrected chi connectivity index (χ4v) is 3.42. The van der Waals surface area contributed by atoms with E-state index in [1.54, 1.807) is 6.33 Å². The monoisotopic (exact) mass is 383 g/mol. The minimum atomic E-state index is -0.271. The first-order chi connectivity index (χ1) is 13.6. The molecule has 0 bridgehead atoms.